The van der Waals surface area contributed by atoms with Gasteiger partial charge in [0.25, 0.3) is 11.8 Å². The van der Waals surface area contributed by atoms with Gasteiger partial charge < -0.3 is 20.5 Å². The van der Waals surface area contributed by atoms with E-state index in [1.807, 2.05) is 25.1 Å². The van der Waals surface area contributed by atoms with Crippen LogP contribution in [-0.4, -0.2) is 41.3 Å². The molecule has 9 heteroatoms. The molecule has 1 aliphatic carbocycles. The summed E-state index contributed by atoms with van der Waals surface area (Å²) in [6, 6.07) is 5.50. The average Bonchev–Trinajstić information content (AvgIpc) is 3.46. The summed E-state index contributed by atoms with van der Waals surface area (Å²) in [5.74, 6) is -0.189. The van der Waals surface area contributed by atoms with Crippen molar-refractivity contribution < 1.29 is 14.4 Å². The predicted octanol–water partition coefficient (Wildman–Crippen LogP) is 4.17. The summed E-state index contributed by atoms with van der Waals surface area (Å²) in [5, 5.41) is 7.89. The zero-order chi connectivity index (χ0) is 22.7. The van der Waals surface area contributed by atoms with Crippen molar-refractivity contribution in [3.8, 4) is 0 Å². The van der Waals surface area contributed by atoms with E-state index in [4.69, 9.17) is 0 Å². The maximum atomic E-state index is 13.0. The van der Waals surface area contributed by atoms with Gasteiger partial charge in [-0.2, -0.15) is 0 Å². The maximum absolute atomic E-state index is 13.0. The number of nitrogens with zero attached hydrogens (tertiary/aromatic N) is 2. The Labute approximate surface area is 190 Å². The average molecular weight is 454 g/mol. The van der Waals surface area contributed by atoms with Crippen LogP contribution in [0.3, 0.4) is 0 Å². The van der Waals surface area contributed by atoms with E-state index in [0.717, 1.165) is 31.4 Å². The van der Waals surface area contributed by atoms with Crippen molar-refractivity contribution >= 4 is 51.5 Å². The van der Waals surface area contributed by atoms with E-state index < -0.39 is 5.91 Å². The van der Waals surface area contributed by atoms with Gasteiger partial charge in [0.2, 0.25) is 5.91 Å². The molecule has 0 spiro atoms. The summed E-state index contributed by atoms with van der Waals surface area (Å²) in [5.41, 5.74) is 3.64. The van der Waals surface area contributed by atoms with Crippen LogP contribution in [0.2, 0.25) is 0 Å². The molecule has 3 N–H and O–H groups in total. The first-order valence-corrected chi connectivity index (χ1v) is 11.8. The van der Waals surface area contributed by atoms with E-state index >= 15 is 0 Å². The minimum atomic E-state index is -0.395. The highest BCUT2D eigenvalue weighted by molar-refractivity contribution is 7.07. The molecule has 2 heterocycles. The predicted molar refractivity (Wildman–Crippen MR) is 126 cm³/mol. The molecule has 0 aliphatic heterocycles. The normalized spacial score (nSPS) is 14.3. The molecule has 0 radical (unpaired) electrons. The smallest absolute Gasteiger partial charge is 0.276 e. The zero-order valence-corrected chi connectivity index (χ0v) is 19.1. The lowest BCUT2D eigenvalue weighted by Crippen LogP contribution is -2.33. The molecule has 0 bridgehead atoms. The Morgan fingerprint density at radius 1 is 1.19 bits per heavy atom. The lowest BCUT2D eigenvalue weighted by Gasteiger charge is -2.26. The van der Waals surface area contributed by atoms with E-state index in [2.05, 4.69) is 20.6 Å². The van der Waals surface area contributed by atoms with E-state index in [0.29, 0.717) is 28.8 Å². The number of anilines is 2. The van der Waals surface area contributed by atoms with Gasteiger partial charge in [0.15, 0.2) is 0 Å². The molecule has 168 valence electrons. The molecule has 4 rings (SSSR count). The molecule has 0 saturated heterocycles. The third-order valence-corrected chi connectivity index (χ3v) is 6.51. The first-order chi connectivity index (χ1) is 15.5. The summed E-state index contributed by atoms with van der Waals surface area (Å²) in [4.78, 5) is 47.2. The summed E-state index contributed by atoms with van der Waals surface area (Å²) in [7, 11) is 1.79. The van der Waals surface area contributed by atoms with Crippen LogP contribution in [0.15, 0.2) is 29.1 Å². The minimum absolute atomic E-state index is 0.0620. The van der Waals surface area contributed by atoms with Crippen LogP contribution in [0.25, 0.3) is 10.9 Å². The number of H-pyrrole nitrogens is 1. The monoisotopic (exact) mass is 453 g/mol. The molecule has 3 amide bonds. The van der Waals surface area contributed by atoms with E-state index in [1.54, 1.807) is 22.8 Å². The number of aromatic amines is 1. The molecule has 1 aliphatic rings. The molecule has 0 unspecified atom stereocenters. The third kappa shape index (κ3) is 4.38. The van der Waals surface area contributed by atoms with Gasteiger partial charge in [-0.3, -0.25) is 14.4 Å². The number of nitrogens with one attached hydrogen (secondary N) is 3. The molecular formula is C23H27N5O3S. The van der Waals surface area contributed by atoms with Gasteiger partial charge in [0.05, 0.1) is 11.1 Å². The van der Waals surface area contributed by atoms with Crippen molar-refractivity contribution in [1.29, 1.82) is 0 Å². The van der Waals surface area contributed by atoms with Crippen LogP contribution in [0.1, 0.15) is 59.9 Å². The number of benzene rings is 1. The Bertz CT molecular complexity index is 1130. The maximum Gasteiger partial charge on any atom is 0.276 e. The number of thiazole rings is 1. The molecule has 32 heavy (non-hydrogen) atoms. The summed E-state index contributed by atoms with van der Waals surface area (Å²) < 4.78 is 0. The Balaban J connectivity index is 1.67. The number of aromatic nitrogens is 2. The SMILES string of the molecule is CCNC(=O)c1c(NC(=O)c2cscn2)[nH]c2cc(N(C)C(=O)C3CCCCC3)ccc12. The van der Waals surface area contributed by atoms with Gasteiger partial charge in [0, 0.05) is 41.5 Å². The molecule has 3 aromatic rings. The van der Waals surface area contributed by atoms with Crippen LogP contribution < -0.4 is 15.5 Å². The van der Waals surface area contributed by atoms with Crippen LogP contribution in [0.5, 0.6) is 0 Å². The number of amides is 3. The Hall–Kier alpha value is -3.20. The largest absolute Gasteiger partial charge is 0.352 e. The van der Waals surface area contributed by atoms with Gasteiger partial charge in [-0.25, -0.2) is 4.98 Å². The van der Waals surface area contributed by atoms with Crippen molar-refractivity contribution in [3.05, 3.63) is 40.3 Å². The second kappa shape index (κ2) is 9.52. The standard InChI is InChI=1S/C23H27N5O3S/c1-3-24-22(30)19-16-10-9-15(28(2)23(31)14-7-5-4-6-8-14)11-17(16)26-20(19)27-21(29)18-12-32-13-25-18/h9-14,26H,3-8H2,1-2H3,(H,24,30)(H,27,29). The topological polar surface area (TPSA) is 107 Å². The third-order valence-electron chi connectivity index (χ3n) is 5.92. The fourth-order valence-corrected chi connectivity index (χ4v) is 4.76. The van der Waals surface area contributed by atoms with Gasteiger partial charge in [-0.1, -0.05) is 19.3 Å². The quantitative estimate of drug-likeness (QED) is 0.521. The fourth-order valence-electron chi connectivity index (χ4n) is 4.23. The van der Waals surface area contributed by atoms with Crippen molar-refractivity contribution in [1.82, 2.24) is 15.3 Å². The number of hydrogen-bond donors (Lipinski definition) is 3. The van der Waals surface area contributed by atoms with Crippen LogP contribution >= 0.6 is 11.3 Å². The lowest BCUT2D eigenvalue weighted by molar-refractivity contribution is -0.123. The van der Waals surface area contributed by atoms with Gasteiger partial charge in [-0.05, 0) is 38.0 Å². The van der Waals surface area contributed by atoms with Crippen LogP contribution in [0.4, 0.5) is 11.5 Å². The number of fused-ring (bicyclic) bond motifs is 1. The summed E-state index contributed by atoms with van der Waals surface area (Å²) in [6.45, 7) is 2.30. The van der Waals surface area contributed by atoms with Crippen LogP contribution in [0, 0.1) is 5.92 Å². The fraction of sp³-hybridized carbons (Fsp3) is 0.391. The van der Waals surface area contributed by atoms with Crippen LogP contribution in [-0.2, 0) is 4.79 Å². The Morgan fingerprint density at radius 2 is 1.97 bits per heavy atom. The van der Waals surface area contributed by atoms with E-state index in [9.17, 15) is 14.4 Å². The molecule has 1 aromatic carbocycles. The Morgan fingerprint density at radius 3 is 2.66 bits per heavy atom. The van der Waals surface area contributed by atoms with Crippen molar-refractivity contribution in [2.75, 3.05) is 23.8 Å². The first-order valence-electron chi connectivity index (χ1n) is 10.9. The number of hydrogen-bond acceptors (Lipinski definition) is 5. The van der Waals surface area contributed by atoms with Crippen molar-refractivity contribution in [2.45, 2.75) is 39.0 Å². The highest BCUT2D eigenvalue weighted by atomic mass is 32.1. The van der Waals surface area contributed by atoms with Crippen molar-refractivity contribution in [2.24, 2.45) is 5.92 Å². The molecule has 0 atom stereocenters. The van der Waals surface area contributed by atoms with E-state index in [1.165, 1.54) is 17.8 Å². The first kappa shape index (κ1) is 22.0. The van der Waals surface area contributed by atoms with Gasteiger partial charge in [0.1, 0.15) is 11.5 Å². The minimum Gasteiger partial charge on any atom is -0.352 e. The second-order valence-electron chi connectivity index (χ2n) is 8.02. The zero-order valence-electron chi connectivity index (χ0n) is 18.2. The lowest BCUT2D eigenvalue weighted by atomic mass is 9.88. The molecule has 1 fully saturated rings. The molecule has 1 saturated carbocycles. The second-order valence-corrected chi connectivity index (χ2v) is 8.74. The Kier molecular flexibility index (Phi) is 6.55. The molecule has 8 nitrogen and oxygen atoms in total. The number of carbonyl (C=O) groups excluding carboxylic acids is 3. The number of carbonyl (C=O) groups is 3. The van der Waals surface area contributed by atoms with Gasteiger partial charge >= 0.3 is 0 Å². The van der Waals surface area contributed by atoms with E-state index in [-0.39, 0.29) is 23.4 Å². The van der Waals surface area contributed by atoms with Crippen molar-refractivity contribution in [3.63, 3.8) is 0 Å². The molecular weight excluding hydrogens is 426 g/mol. The highest BCUT2D eigenvalue weighted by Gasteiger charge is 2.26. The summed E-state index contributed by atoms with van der Waals surface area (Å²) >= 11 is 1.32. The highest BCUT2D eigenvalue weighted by Crippen LogP contribution is 2.32. The summed E-state index contributed by atoms with van der Waals surface area (Å²) in [6.07, 6.45) is 5.25. The van der Waals surface area contributed by atoms with Gasteiger partial charge in [-0.15, -0.1) is 11.3 Å². The molecule has 2 aromatic heterocycles. The number of rotatable bonds is 6.